The van der Waals surface area contributed by atoms with E-state index in [9.17, 15) is 9.18 Å². The van der Waals surface area contributed by atoms with E-state index in [0.717, 1.165) is 11.8 Å². The molecule has 0 spiro atoms. The molecule has 56 valence electrons. The monoisotopic (exact) mass is 168 g/mol. The van der Waals surface area contributed by atoms with Crippen molar-refractivity contribution in [2.45, 2.75) is 5.50 Å². The molecule has 1 aliphatic rings. The van der Waals surface area contributed by atoms with Gasteiger partial charge in [-0.05, 0) is 11.8 Å². The molecular formula is C8H5FOS. The van der Waals surface area contributed by atoms with Crippen LogP contribution >= 0.6 is 11.8 Å². The molecule has 0 saturated carbocycles. The summed E-state index contributed by atoms with van der Waals surface area (Å²) >= 11 is 0.744. The fourth-order valence-corrected chi connectivity index (χ4v) is 1.94. The van der Waals surface area contributed by atoms with Crippen molar-refractivity contribution in [3.8, 4) is 0 Å². The molecule has 1 unspecified atom stereocenters. The fraction of sp³-hybridized carbons (Fsp3) is 0.125. The zero-order chi connectivity index (χ0) is 7.84. The van der Waals surface area contributed by atoms with Gasteiger partial charge in [-0.3, -0.25) is 4.79 Å². The Morgan fingerprint density at radius 1 is 1.36 bits per heavy atom. The van der Waals surface area contributed by atoms with Gasteiger partial charge in [-0.25, -0.2) is 4.39 Å². The average Bonchev–Trinajstić information content (AvgIpc) is 2.30. The lowest BCUT2D eigenvalue weighted by atomic mass is 10.1. The summed E-state index contributed by atoms with van der Waals surface area (Å²) in [5.74, 6) is 0. The van der Waals surface area contributed by atoms with Gasteiger partial charge in [0.15, 0.2) is 5.50 Å². The Morgan fingerprint density at radius 2 is 2.09 bits per heavy atom. The molecule has 0 bridgehead atoms. The average molecular weight is 168 g/mol. The van der Waals surface area contributed by atoms with Crippen molar-refractivity contribution in [1.82, 2.24) is 0 Å². The van der Waals surface area contributed by atoms with E-state index < -0.39 is 5.50 Å². The van der Waals surface area contributed by atoms with E-state index in [1.165, 1.54) is 0 Å². The summed E-state index contributed by atoms with van der Waals surface area (Å²) in [7, 11) is 0. The van der Waals surface area contributed by atoms with Crippen molar-refractivity contribution in [2.24, 2.45) is 0 Å². The Balaban J connectivity index is 2.60. The summed E-state index contributed by atoms with van der Waals surface area (Å²) in [5.41, 5.74) is -0.119. The topological polar surface area (TPSA) is 17.1 Å². The summed E-state index contributed by atoms with van der Waals surface area (Å²) in [6.07, 6.45) is 0. The number of hydrogen-bond acceptors (Lipinski definition) is 2. The predicted octanol–water partition coefficient (Wildman–Crippen LogP) is 2.54. The number of benzene rings is 1. The van der Waals surface area contributed by atoms with Gasteiger partial charge >= 0.3 is 0 Å². The van der Waals surface area contributed by atoms with Gasteiger partial charge in [-0.15, -0.1) is 0 Å². The Labute approximate surface area is 67.6 Å². The number of halogens is 1. The van der Waals surface area contributed by atoms with Crippen molar-refractivity contribution in [3.63, 3.8) is 0 Å². The summed E-state index contributed by atoms with van der Waals surface area (Å²) in [6.45, 7) is 0. The van der Waals surface area contributed by atoms with E-state index in [0.29, 0.717) is 11.1 Å². The smallest absolute Gasteiger partial charge is 0.222 e. The number of thioether (sulfide) groups is 1. The van der Waals surface area contributed by atoms with Crippen molar-refractivity contribution in [1.29, 1.82) is 0 Å². The van der Waals surface area contributed by atoms with Gasteiger partial charge in [0.05, 0.1) is 0 Å². The minimum Gasteiger partial charge on any atom is -0.281 e. The van der Waals surface area contributed by atoms with Gasteiger partial charge in [0.25, 0.3) is 0 Å². The third-order valence-corrected chi connectivity index (χ3v) is 2.53. The molecule has 0 saturated heterocycles. The zero-order valence-electron chi connectivity index (χ0n) is 5.58. The minimum atomic E-state index is -1.15. The van der Waals surface area contributed by atoms with Crippen LogP contribution in [0, 0.1) is 0 Å². The molecule has 0 amide bonds. The zero-order valence-corrected chi connectivity index (χ0v) is 6.40. The molecule has 2 rings (SSSR count). The molecule has 0 aliphatic carbocycles. The number of carbonyl (C=O) groups excluding carboxylic acids is 1. The minimum absolute atomic E-state index is 0.159. The SMILES string of the molecule is O=C1SC(F)c2ccccc21. The Hall–Kier alpha value is -0.830. The summed E-state index contributed by atoms with van der Waals surface area (Å²) < 4.78 is 12.9. The lowest BCUT2D eigenvalue weighted by Gasteiger charge is -1.95. The van der Waals surface area contributed by atoms with Crippen LogP contribution in [0.5, 0.6) is 0 Å². The predicted molar refractivity (Wildman–Crippen MR) is 42.2 cm³/mol. The second kappa shape index (κ2) is 2.34. The second-order valence-corrected chi connectivity index (χ2v) is 3.33. The highest BCUT2D eigenvalue weighted by molar-refractivity contribution is 8.14. The quantitative estimate of drug-likeness (QED) is 0.592. The summed E-state index contributed by atoms with van der Waals surface area (Å²) in [6, 6.07) is 6.79. The molecule has 1 aromatic rings. The van der Waals surface area contributed by atoms with Crippen LogP contribution in [-0.2, 0) is 0 Å². The van der Waals surface area contributed by atoms with Gasteiger partial charge in [0.1, 0.15) is 0 Å². The number of hydrogen-bond donors (Lipinski definition) is 0. The first-order valence-electron chi connectivity index (χ1n) is 3.23. The van der Waals surface area contributed by atoms with E-state index in [4.69, 9.17) is 0 Å². The Morgan fingerprint density at radius 3 is 2.82 bits per heavy atom. The highest BCUT2D eigenvalue weighted by Crippen LogP contribution is 2.41. The summed E-state index contributed by atoms with van der Waals surface area (Å²) in [5, 5.41) is -0.159. The number of fused-ring (bicyclic) bond motifs is 1. The first-order chi connectivity index (χ1) is 5.29. The maximum absolute atomic E-state index is 12.9. The normalized spacial score (nSPS) is 21.9. The molecule has 0 radical (unpaired) electrons. The molecule has 0 fully saturated rings. The van der Waals surface area contributed by atoms with Crippen LogP contribution in [0.4, 0.5) is 4.39 Å². The van der Waals surface area contributed by atoms with Gasteiger partial charge in [-0.2, -0.15) is 0 Å². The molecule has 1 atom stereocenters. The van der Waals surface area contributed by atoms with E-state index in [1.54, 1.807) is 24.3 Å². The van der Waals surface area contributed by atoms with Crippen LogP contribution in [0.15, 0.2) is 24.3 Å². The van der Waals surface area contributed by atoms with E-state index in [1.807, 2.05) is 0 Å². The molecule has 3 heteroatoms. The van der Waals surface area contributed by atoms with Gasteiger partial charge in [0.2, 0.25) is 5.12 Å². The molecule has 1 aliphatic heterocycles. The van der Waals surface area contributed by atoms with Gasteiger partial charge in [-0.1, -0.05) is 24.3 Å². The Kier molecular flexibility index (Phi) is 1.46. The molecule has 11 heavy (non-hydrogen) atoms. The van der Waals surface area contributed by atoms with Crippen LogP contribution < -0.4 is 0 Å². The summed E-state index contributed by atoms with van der Waals surface area (Å²) in [4.78, 5) is 11.0. The largest absolute Gasteiger partial charge is 0.281 e. The third kappa shape index (κ3) is 0.959. The Bertz CT molecular complexity index is 311. The highest BCUT2D eigenvalue weighted by atomic mass is 32.2. The van der Waals surface area contributed by atoms with Crippen LogP contribution in [0.1, 0.15) is 21.4 Å². The number of alkyl halides is 1. The van der Waals surface area contributed by atoms with Crippen molar-refractivity contribution in [2.75, 3.05) is 0 Å². The molecule has 1 nitrogen and oxygen atoms in total. The standard InChI is InChI=1S/C8H5FOS/c9-7-5-3-1-2-4-6(5)8(10)11-7/h1-4,7H. The second-order valence-electron chi connectivity index (χ2n) is 2.31. The van der Waals surface area contributed by atoms with Gasteiger partial charge < -0.3 is 0 Å². The molecule has 0 N–H and O–H groups in total. The lowest BCUT2D eigenvalue weighted by molar-refractivity contribution is 0.109. The van der Waals surface area contributed by atoms with Crippen LogP contribution in [0.3, 0.4) is 0 Å². The highest BCUT2D eigenvalue weighted by Gasteiger charge is 2.29. The van der Waals surface area contributed by atoms with Crippen LogP contribution in [0.25, 0.3) is 0 Å². The third-order valence-electron chi connectivity index (χ3n) is 1.64. The molecular weight excluding hydrogens is 163 g/mol. The maximum atomic E-state index is 12.9. The molecule has 1 heterocycles. The van der Waals surface area contributed by atoms with Crippen LogP contribution in [0.2, 0.25) is 0 Å². The van der Waals surface area contributed by atoms with E-state index in [2.05, 4.69) is 0 Å². The van der Waals surface area contributed by atoms with Crippen molar-refractivity contribution in [3.05, 3.63) is 35.4 Å². The number of carbonyl (C=O) groups is 1. The number of rotatable bonds is 0. The first kappa shape index (κ1) is 6.85. The fourth-order valence-electron chi connectivity index (χ4n) is 1.10. The maximum Gasteiger partial charge on any atom is 0.222 e. The van der Waals surface area contributed by atoms with Gasteiger partial charge in [0, 0.05) is 11.1 Å². The van der Waals surface area contributed by atoms with E-state index in [-0.39, 0.29) is 5.12 Å². The molecule has 0 aromatic heterocycles. The first-order valence-corrected chi connectivity index (χ1v) is 4.11. The van der Waals surface area contributed by atoms with E-state index >= 15 is 0 Å². The van der Waals surface area contributed by atoms with Crippen molar-refractivity contribution >= 4 is 16.9 Å². The van der Waals surface area contributed by atoms with Crippen molar-refractivity contribution < 1.29 is 9.18 Å². The van der Waals surface area contributed by atoms with Crippen LogP contribution in [-0.4, -0.2) is 5.12 Å². The lowest BCUT2D eigenvalue weighted by Crippen LogP contribution is -1.86. The molecule has 1 aromatic carbocycles.